The second-order valence-corrected chi connectivity index (χ2v) is 1.82. The molecule has 1 heteroatoms. The summed E-state index contributed by atoms with van der Waals surface area (Å²) in [5, 5.41) is 0. The molecule has 0 aromatic rings. The number of hydrogen-bond acceptors (Lipinski definition) is 1. The highest BCUT2D eigenvalue weighted by molar-refractivity contribution is 4.84. The molecule has 0 aliphatic carbocycles. The van der Waals surface area contributed by atoms with Gasteiger partial charge in [0.2, 0.25) is 0 Å². The van der Waals surface area contributed by atoms with Crippen LogP contribution >= 0.6 is 0 Å². The third-order valence-electron chi connectivity index (χ3n) is 1.01. The first-order valence-electron chi connectivity index (χ1n) is 3.19. The Morgan fingerprint density at radius 3 is 2.89 bits per heavy atom. The van der Waals surface area contributed by atoms with Gasteiger partial charge in [-0.15, -0.1) is 12.3 Å². The quantitative estimate of drug-likeness (QED) is 0.519. The van der Waals surface area contributed by atoms with E-state index in [0.717, 1.165) is 19.4 Å². The van der Waals surface area contributed by atoms with E-state index < -0.39 is 0 Å². The minimum absolute atomic E-state index is 0.0750. The van der Waals surface area contributed by atoms with Crippen LogP contribution < -0.4 is 0 Å². The van der Waals surface area contributed by atoms with Gasteiger partial charge in [-0.25, -0.2) is 0 Å². The summed E-state index contributed by atoms with van der Waals surface area (Å²) >= 11 is 0. The summed E-state index contributed by atoms with van der Waals surface area (Å²) in [6.07, 6.45) is 6.74. The van der Waals surface area contributed by atoms with Crippen LogP contribution in [0.4, 0.5) is 0 Å². The van der Waals surface area contributed by atoms with E-state index in [9.17, 15) is 0 Å². The van der Waals surface area contributed by atoms with Crippen LogP contribution in [0.1, 0.15) is 19.8 Å². The Balaban J connectivity index is 3.07. The van der Waals surface area contributed by atoms with Crippen LogP contribution in [0.25, 0.3) is 0 Å². The fraction of sp³-hybridized carbons (Fsp3) is 0.625. The molecular weight excluding hydrogens is 112 g/mol. The second kappa shape index (κ2) is 5.65. The molecule has 0 bridgehead atoms. The van der Waals surface area contributed by atoms with Crippen molar-refractivity contribution in [3.05, 3.63) is 6.92 Å². The van der Waals surface area contributed by atoms with E-state index in [4.69, 9.17) is 11.2 Å². The monoisotopic (exact) mass is 125 g/mol. The Morgan fingerprint density at radius 2 is 2.44 bits per heavy atom. The van der Waals surface area contributed by atoms with Crippen LogP contribution in [0, 0.1) is 19.3 Å². The Labute approximate surface area is 57.4 Å². The zero-order valence-corrected chi connectivity index (χ0v) is 5.89. The van der Waals surface area contributed by atoms with Crippen molar-refractivity contribution in [3.8, 4) is 12.3 Å². The molecular formula is C8H13O. The molecule has 0 amide bonds. The lowest BCUT2D eigenvalue weighted by Gasteiger charge is -2.07. The minimum Gasteiger partial charge on any atom is -0.378 e. The highest BCUT2D eigenvalue weighted by atomic mass is 16.5. The van der Waals surface area contributed by atoms with Crippen LogP contribution in [-0.2, 0) is 4.74 Å². The molecule has 9 heavy (non-hydrogen) atoms. The van der Waals surface area contributed by atoms with Crippen molar-refractivity contribution in [2.45, 2.75) is 25.9 Å². The SMILES string of the molecule is C#CCCC([CH2])OCC. The third kappa shape index (κ3) is 5.39. The molecule has 0 saturated carbocycles. The molecule has 0 fully saturated rings. The van der Waals surface area contributed by atoms with Crippen LogP contribution in [0.3, 0.4) is 0 Å². The zero-order chi connectivity index (χ0) is 7.11. The Hall–Kier alpha value is -0.480. The van der Waals surface area contributed by atoms with Gasteiger partial charge in [0, 0.05) is 13.0 Å². The molecule has 0 saturated heterocycles. The first-order valence-corrected chi connectivity index (χ1v) is 3.19. The summed E-state index contributed by atoms with van der Waals surface area (Å²) < 4.78 is 5.14. The predicted molar refractivity (Wildman–Crippen MR) is 38.8 cm³/mol. The molecule has 0 aliphatic heterocycles. The van der Waals surface area contributed by atoms with Crippen molar-refractivity contribution in [1.82, 2.24) is 0 Å². The molecule has 0 heterocycles. The molecule has 1 unspecified atom stereocenters. The second-order valence-electron chi connectivity index (χ2n) is 1.82. The maximum Gasteiger partial charge on any atom is 0.0585 e. The third-order valence-corrected chi connectivity index (χ3v) is 1.01. The summed E-state index contributed by atoms with van der Waals surface area (Å²) in [5.41, 5.74) is 0. The molecule has 51 valence electrons. The minimum atomic E-state index is 0.0750. The molecule has 0 aromatic carbocycles. The lowest BCUT2D eigenvalue weighted by atomic mass is 10.2. The van der Waals surface area contributed by atoms with E-state index >= 15 is 0 Å². The molecule has 1 radical (unpaired) electrons. The maximum atomic E-state index is 5.14. The van der Waals surface area contributed by atoms with Gasteiger partial charge in [0.05, 0.1) is 6.10 Å². The van der Waals surface area contributed by atoms with Crippen molar-refractivity contribution in [3.63, 3.8) is 0 Å². The van der Waals surface area contributed by atoms with E-state index in [0.29, 0.717) is 0 Å². The highest BCUT2D eigenvalue weighted by Crippen LogP contribution is 1.98. The van der Waals surface area contributed by atoms with Crippen LogP contribution in [-0.4, -0.2) is 12.7 Å². The van der Waals surface area contributed by atoms with E-state index in [2.05, 4.69) is 12.8 Å². The fourth-order valence-electron chi connectivity index (χ4n) is 0.563. The van der Waals surface area contributed by atoms with Gasteiger partial charge in [0.25, 0.3) is 0 Å². The molecule has 1 atom stereocenters. The lowest BCUT2D eigenvalue weighted by Crippen LogP contribution is -2.06. The average molecular weight is 125 g/mol. The normalized spacial score (nSPS) is 12.6. The van der Waals surface area contributed by atoms with Gasteiger partial charge in [0.15, 0.2) is 0 Å². The topological polar surface area (TPSA) is 9.23 Å². The van der Waals surface area contributed by atoms with Gasteiger partial charge >= 0.3 is 0 Å². The lowest BCUT2D eigenvalue weighted by molar-refractivity contribution is 0.0895. The molecule has 0 aromatic heterocycles. The first-order chi connectivity index (χ1) is 4.31. The summed E-state index contributed by atoms with van der Waals surface area (Å²) in [6.45, 7) is 6.42. The summed E-state index contributed by atoms with van der Waals surface area (Å²) in [7, 11) is 0. The van der Waals surface area contributed by atoms with Gasteiger partial charge in [0.1, 0.15) is 0 Å². The van der Waals surface area contributed by atoms with E-state index in [1.54, 1.807) is 0 Å². The number of ether oxygens (including phenoxy) is 1. The number of terminal acetylenes is 1. The first kappa shape index (κ1) is 8.52. The average Bonchev–Trinajstić information content (AvgIpc) is 1.85. The zero-order valence-electron chi connectivity index (χ0n) is 5.89. The van der Waals surface area contributed by atoms with Crippen LogP contribution in [0.2, 0.25) is 0 Å². The summed E-state index contributed by atoms with van der Waals surface area (Å²) in [5.74, 6) is 2.54. The van der Waals surface area contributed by atoms with Crippen molar-refractivity contribution in [2.24, 2.45) is 0 Å². The van der Waals surface area contributed by atoms with E-state index in [1.807, 2.05) is 6.92 Å². The van der Waals surface area contributed by atoms with Gasteiger partial charge in [-0.2, -0.15) is 0 Å². The van der Waals surface area contributed by atoms with Crippen LogP contribution in [0.15, 0.2) is 0 Å². The fourth-order valence-corrected chi connectivity index (χ4v) is 0.563. The maximum absolute atomic E-state index is 5.14. The largest absolute Gasteiger partial charge is 0.378 e. The summed E-state index contributed by atoms with van der Waals surface area (Å²) in [6, 6.07) is 0. The van der Waals surface area contributed by atoms with Crippen molar-refractivity contribution < 1.29 is 4.74 Å². The standard InChI is InChI=1S/C8H13O/c1-4-6-7-8(3)9-5-2/h1,8H,3,5-7H2,2H3. The van der Waals surface area contributed by atoms with Crippen LogP contribution in [0.5, 0.6) is 0 Å². The number of hydrogen-bond donors (Lipinski definition) is 0. The smallest absolute Gasteiger partial charge is 0.0585 e. The van der Waals surface area contributed by atoms with Gasteiger partial charge in [-0.05, 0) is 20.3 Å². The van der Waals surface area contributed by atoms with Gasteiger partial charge in [-0.1, -0.05) is 0 Å². The Morgan fingerprint density at radius 1 is 1.78 bits per heavy atom. The van der Waals surface area contributed by atoms with Gasteiger partial charge < -0.3 is 4.74 Å². The molecule has 0 rings (SSSR count). The van der Waals surface area contributed by atoms with E-state index in [-0.39, 0.29) is 6.10 Å². The van der Waals surface area contributed by atoms with Crippen molar-refractivity contribution in [1.29, 1.82) is 0 Å². The van der Waals surface area contributed by atoms with E-state index in [1.165, 1.54) is 0 Å². The Kier molecular flexibility index (Phi) is 5.35. The molecule has 0 N–H and O–H groups in total. The summed E-state index contributed by atoms with van der Waals surface area (Å²) in [4.78, 5) is 0. The number of rotatable bonds is 4. The van der Waals surface area contributed by atoms with Crippen molar-refractivity contribution in [2.75, 3.05) is 6.61 Å². The van der Waals surface area contributed by atoms with Crippen molar-refractivity contribution >= 4 is 0 Å². The molecule has 1 nitrogen and oxygen atoms in total. The van der Waals surface area contributed by atoms with Gasteiger partial charge in [-0.3, -0.25) is 0 Å². The predicted octanol–water partition coefficient (Wildman–Crippen LogP) is 1.64. The Bertz CT molecular complexity index is 91.2. The molecule has 0 aliphatic rings. The molecule has 0 spiro atoms. The highest BCUT2D eigenvalue weighted by Gasteiger charge is 1.96.